The lowest BCUT2D eigenvalue weighted by Crippen LogP contribution is -2.29. The predicted molar refractivity (Wildman–Crippen MR) is 64.5 cm³/mol. The van der Waals surface area contributed by atoms with Crippen molar-refractivity contribution in [2.75, 3.05) is 6.61 Å². The van der Waals surface area contributed by atoms with Crippen molar-refractivity contribution in [1.82, 2.24) is 19.2 Å². The quantitative estimate of drug-likeness (QED) is 0.712. The van der Waals surface area contributed by atoms with Crippen molar-refractivity contribution in [1.29, 1.82) is 0 Å². The maximum Gasteiger partial charge on any atom is 0.350 e. The van der Waals surface area contributed by atoms with Crippen LogP contribution in [-0.4, -0.2) is 43.0 Å². The third-order valence-electron chi connectivity index (χ3n) is 2.48. The molecule has 1 atom stereocenters. The van der Waals surface area contributed by atoms with Gasteiger partial charge in [-0.2, -0.15) is 0 Å². The fourth-order valence-electron chi connectivity index (χ4n) is 1.68. The number of fused-ring (bicyclic) bond motifs is 1. The van der Waals surface area contributed by atoms with E-state index >= 15 is 0 Å². The molecule has 1 unspecified atom stereocenters. The van der Waals surface area contributed by atoms with Crippen molar-refractivity contribution in [2.24, 2.45) is 0 Å². The van der Waals surface area contributed by atoms with Crippen molar-refractivity contribution in [3.63, 3.8) is 0 Å². The lowest BCUT2D eigenvalue weighted by molar-refractivity contribution is -0.145. The van der Waals surface area contributed by atoms with E-state index in [2.05, 4.69) is 10.1 Å². The zero-order valence-corrected chi connectivity index (χ0v) is 10.4. The van der Waals surface area contributed by atoms with Crippen LogP contribution >= 0.6 is 0 Å². The monoisotopic (exact) mass is 266 g/mol. The zero-order valence-electron chi connectivity index (χ0n) is 10.4. The molecule has 2 aromatic rings. The van der Waals surface area contributed by atoms with Crippen molar-refractivity contribution >= 4 is 11.6 Å². The number of nitrogens with zero attached hydrogens (tertiary/aromatic N) is 4. The van der Waals surface area contributed by atoms with E-state index < -0.39 is 12.1 Å². The summed E-state index contributed by atoms with van der Waals surface area (Å²) in [6.07, 6.45) is 3.20. The van der Waals surface area contributed by atoms with Crippen LogP contribution in [0.1, 0.15) is 13.3 Å². The summed E-state index contributed by atoms with van der Waals surface area (Å²) in [7, 11) is 0. The lowest BCUT2D eigenvalue weighted by Gasteiger charge is -2.08. The molecular weight excluding hydrogens is 252 g/mol. The Morgan fingerprint density at radius 3 is 3.05 bits per heavy atom. The molecule has 0 amide bonds. The molecule has 0 saturated carbocycles. The van der Waals surface area contributed by atoms with Crippen LogP contribution in [0.25, 0.3) is 5.65 Å². The molecule has 0 aromatic carbocycles. The first kappa shape index (κ1) is 13.2. The van der Waals surface area contributed by atoms with Gasteiger partial charge in [0, 0.05) is 12.4 Å². The van der Waals surface area contributed by atoms with Crippen molar-refractivity contribution < 1.29 is 14.6 Å². The summed E-state index contributed by atoms with van der Waals surface area (Å²) < 4.78 is 7.13. The van der Waals surface area contributed by atoms with E-state index in [9.17, 15) is 14.7 Å². The molecule has 8 nitrogen and oxygen atoms in total. The number of carbonyl (C=O) groups is 1. The standard InChI is InChI=1S/C11H14N4O4/c1-2-19-10(17)5-8(16)7-15-11(18)14-4-3-12-6-9(14)13-15/h3-4,6,8,16H,2,5,7H2,1H3. The average Bonchev–Trinajstić information content (AvgIpc) is 2.67. The third kappa shape index (κ3) is 2.97. The Morgan fingerprint density at radius 1 is 1.58 bits per heavy atom. The molecule has 0 aliphatic rings. The largest absolute Gasteiger partial charge is 0.466 e. The van der Waals surface area contributed by atoms with Crippen LogP contribution < -0.4 is 5.69 Å². The molecule has 2 rings (SSSR count). The van der Waals surface area contributed by atoms with E-state index in [4.69, 9.17) is 4.74 Å². The second kappa shape index (κ2) is 5.61. The molecule has 2 aromatic heterocycles. The molecular formula is C11H14N4O4. The van der Waals surface area contributed by atoms with E-state index in [0.717, 1.165) is 4.68 Å². The van der Waals surface area contributed by atoms with Crippen molar-refractivity contribution in [3.8, 4) is 0 Å². The third-order valence-corrected chi connectivity index (χ3v) is 2.48. The summed E-state index contributed by atoms with van der Waals surface area (Å²) in [6.45, 7) is 1.87. The number of rotatable bonds is 5. The van der Waals surface area contributed by atoms with Gasteiger partial charge in [-0.15, -0.1) is 5.10 Å². The smallest absolute Gasteiger partial charge is 0.350 e. The minimum absolute atomic E-state index is 0.0701. The summed E-state index contributed by atoms with van der Waals surface area (Å²) in [5.41, 5.74) is -0.00357. The Labute approximate surface area is 108 Å². The molecule has 0 aliphatic carbocycles. The van der Waals surface area contributed by atoms with Crippen LogP contribution in [0.3, 0.4) is 0 Å². The van der Waals surface area contributed by atoms with Crippen molar-refractivity contribution in [2.45, 2.75) is 26.0 Å². The highest BCUT2D eigenvalue weighted by atomic mass is 16.5. The van der Waals surface area contributed by atoms with Gasteiger partial charge < -0.3 is 9.84 Å². The van der Waals surface area contributed by atoms with E-state index in [1.807, 2.05) is 0 Å². The Hall–Kier alpha value is -2.22. The summed E-state index contributed by atoms with van der Waals surface area (Å²) in [5.74, 6) is -0.506. The highest BCUT2D eigenvalue weighted by Gasteiger charge is 2.15. The summed E-state index contributed by atoms with van der Waals surface area (Å²) in [5, 5.41) is 13.7. The van der Waals surface area contributed by atoms with E-state index in [0.29, 0.717) is 5.65 Å². The molecule has 0 saturated heterocycles. The topological polar surface area (TPSA) is 98.7 Å². The minimum atomic E-state index is -1.02. The summed E-state index contributed by atoms with van der Waals surface area (Å²) in [6, 6.07) is 0. The van der Waals surface area contributed by atoms with E-state index in [1.165, 1.54) is 23.0 Å². The van der Waals surface area contributed by atoms with Gasteiger partial charge in [0.2, 0.25) is 0 Å². The van der Waals surface area contributed by atoms with Gasteiger partial charge in [-0.25, -0.2) is 13.9 Å². The van der Waals surface area contributed by atoms with Crippen LogP contribution in [0.4, 0.5) is 0 Å². The number of esters is 1. The predicted octanol–water partition coefficient (Wildman–Crippen LogP) is -0.795. The lowest BCUT2D eigenvalue weighted by atomic mass is 10.2. The summed E-state index contributed by atoms with van der Waals surface area (Å²) in [4.78, 5) is 26.9. The number of aromatic nitrogens is 4. The molecule has 0 radical (unpaired) electrons. The fraction of sp³-hybridized carbons (Fsp3) is 0.455. The second-order valence-electron chi connectivity index (χ2n) is 3.93. The Kier molecular flexibility index (Phi) is 3.91. The maximum absolute atomic E-state index is 11.9. The molecule has 0 bridgehead atoms. The molecule has 2 heterocycles. The molecule has 102 valence electrons. The number of aliphatic hydroxyl groups excluding tert-OH is 1. The number of carbonyl (C=O) groups excluding carboxylic acids is 1. The second-order valence-corrected chi connectivity index (χ2v) is 3.93. The van der Waals surface area contributed by atoms with Crippen LogP contribution in [0.2, 0.25) is 0 Å². The highest BCUT2D eigenvalue weighted by Crippen LogP contribution is 1.99. The Morgan fingerprint density at radius 2 is 2.37 bits per heavy atom. The summed E-state index contributed by atoms with van der Waals surface area (Å²) >= 11 is 0. The SMILES string of the molecule is CCOC(=O)CC(O)Cn1nc2cnccn2c1=O. The normalized spacial score (nSPS) is 12.5. The molecule has 0 spiro atoms. The van der Waals surface area contributed by atoms with Gasteiger partial charge in [0.05, 0.1) is 31.9 Å². The minimum Gasteiger partial charge on any atom is -0.466 e. The van der Waals surface area contributed by atoms with Crippen LogP contribution in [0, 0.1) is 0 Å². The first-order valence-electron chi connectivity index (χ1n) is 5.84. The van der Waals surface area contributed by atoms with Gasteiger partial charge in [0.25, 0.3) is 0 Å². The number of hydrogen-bond donors (Lipinski definition) is 1. The average molecular weight is 266 g/mol. The Balaban J connectivity index is 2.11. The van der Waals surface area contributed by atoms with Gasteiger partial charge >= 0.3 is 11.7 Å². The van der Waals surface area contributed by atoms with E-state index in [-0.39, 0.29) is 25.3 Å². The van der Waals surface area contributed by atoms with Crippen LogP contribution in [0.15, 0.2) is 23.4 Å². The molecule has 0 aliphatic heterocycles. The van der Waals surface area contributed by atoms with Gasteiger partial charge in [0.1, 0.15) is 0 Å². The molecule has 19 heavy (non-hydrogen) atoms. The van der Waals surface area contributed by atoms with Gasteiger partial charge in [-0.1, -0.05) is 0 Å². The molecule has 0 fully saturated rings. The van der Waals surface area contributed by atoms with Gasteiger partial charge in [0.15, 0.2) is 5.65 Å². The number of hydrogen-bond acceptors (Lipinski definition) is 6. The van der Waals surface area contributed by atoms with Crippen LogP contribution in [-0.2, 0) is 16.1 Å². The Bertz CT molecular complexity index is 633. The highest BCUT2D eigenvalue weighted by molar-refractivity contribution is 5.69. The van der Waals surface area contributed by atoms with E-state index in [1.54, 1.807) is 6.92 Å². The number of aliphatic hydroxyl groups is 1. The molecule has 8 heteroatoms. The zero-order chi connectivity index (χ0) is 13.8. The molecule has 1 N–H and O–H groups in total. The van der Waals surface area contributed by atoms with Gasteiger partial charge in [-0.05, 0) is 6.92 Å². The first-order valence-corrected chi connectivity index (χ1v) is 5.84. The van der Waals surface area contributed by atoms with Gasteiger partial charge in [-0.3, -0.25) is 9.78 Å². The first-order chi connectivity index (χ1) is 9.11. The number of ether oxygens (including phenoxy) is 1. The fourth-order valence-corrected chi connectivity index (χ4v) is 1.68. The van der Waals surface area contributed by atoms with Crippen LogP contribution in [0.5, 0.6) is 0 Å². The van der Waals surface area contributed by atoms with Crippen molar-refractivity contribution in [3.05, 3.63) is 29.1 Å². The maximum atomic E-state index is 11.9.